The summed E-state index contributed by atoms with van der Waals surface area (Å²) in [5, 5.41) is 0. The van der Waals surface area contributed by atoms with Gasteiger partial charge in [-0.3, -0.25) is 4.79 Å². The first-order valence-electron chi connectivity index (χ1n) is 6.69. The Morgan fingerprint density at radius 3 is 2.33 bits per heavy atom. The molecule has 1 heterocycles. The van der Waals surface area contributed by atoms with Gasteiger partial charge in [0.05, 0.1) is 0 Å². The van der Waals surface area contributed by atoms with Crippen LogP contribution >= 0.6 is 0 Å². The van der Waals surface area contributed by atoms with Gasteiger partial charge in [0.15, 0.2) is 0 Å². The largest absolute Gasteiger partial charge is 0.337 e. The number of nitrogens with zero attached hydrogens (tertiary/aromatic N) is 1. The van der Waals surface area contributed by atoms with Crippen LogP contribution in [0.1, 0.15) is 46.1 Å². The smallest absolute Gasteiger partial charge is 0.223 e. The minimum absolute atomic E-state index is 0.0858. The average molecular weight is 245 g/mol. The maximum atomic E-state index is 12.1. The third kappa shape index (κ3) is 2.43. The molecule has 98 valence electrons. The van der Waals surface area contributed by atoms with Gasteiger partial charge in [-0.1, -0.05) is 37.3 Å². The number of amides is 1. The number of benzene rings is 1. The third-order valence-electron chi connectivity index (χ3n) is 3.98. The highest BCUT2D eigenvalue weighted by Gasteiger charge is 2.40. The lowest BCUT2D eigenvalue weighted by Crippen LogP contribution is -2.55. The van der Waals surface area contributed by atoms with Crippen LogP contribution in [0.2, 0.25) is 0 Å². The van der Waals surface area contributed by atoms with Crippen LogP contribution in [0.4, 0.5) is 0 Å². The molecule has 18 heavy (non-hydrogen) atoms. The van der Waals surface area contributed by atoms with Crippen molar-refractivity contribution in [1.82, 2.24) is 4.90 Å². The summed E-state index contributed by atoms with van der Waals surface area (Å²) in [5.74, 6) is 0.288. The van der Waals surface area contributed by atoms with E-state index in [4.69, 9.17) is 0 Å². The van der Waals surface area contributed by atoms with E-state index in [-0.39, 0.29) is 16.9 Å². The number of carbonyl (C=O) groups is 1. The van der Waals surface area contributed by atoms with Gasteiger partial charge in [0.1, 0.15) is 0 Å². The Morgan fingerprint density at radius 1 is 1.17 bits per heavy atom. The molecule has 2 nitrogen and oxygen atoms in total. The molecule has 2 heteroatoms. The van der Waals surface area contributed by atoms with Gasteiger partial charge in [-0.25, -0.2) is 0 Å². The van der Waals surface area contributed by atoms with Crippen LogP contribution < -0.4 is 0 Å². The summed E-state index contributed by atoms with van der Waals surface area (Å²) < 4.78 is 0. The van der Waals surface area contributed by atoms with E-state index < -0.39 is 0 Å². The number of carbonyl (C=O) groups excluding carboxylic acids is 1. The molecule has 1 aromatic carbocycles. The Bertz CT molecular complexity index is 432. The molecule has 0 radical (unpaired) electrons. The van der Waals surface area contributed by atoms with Crippen molar-refractivity contribution in [3.05, 3.63) is 35.9 Å². The van der Waals surface area contributed by atoms with E-state index in [1.807, 2.05) is 11.0 Å². The molecular weight excluding hydrogens is 222 g/mol. The molecule has 1 amide bonds. The summed E-state index contributed by atoms with van der Waals surface area (Å²) in [6, 6.07) is 10.6. The van der Waals surface area contributed by atoms with Gasteiger partial charge in [-0.15, -0.1) is 0 Å². The molecule has 0 bridgehead atoms. The lowest BCUT2D eigenvalue weighted by Gasteiger charge is -2.46. The van der Waals surface area contributed by atoms with Gasteiger partial charge in [-0.05, 0) is 32.8 Å². The third-order valence-corrected chi connectivity index (χ3v) is 3.98. The van der Waals surface area contributed by atoms with Crippen LogP contribution in [0.15, 0.2) is 30.3 Å². The maximum absolute atomic E-state index is 12.1. The zero-order chi connectivity index (χ0) is 13.4. The number of hydrogen-bond donors (Lipinski definition) is 0. The first-order chi connectivity index (χ1) is 8.33. The molecule has 1 aliphatic heterocycles. The topological polar surface area (TPSA) is 20.3 Å². The van der Waals surface area contributed by atoms with E-state index in [2.05, 4.69) is 52.0 Å². The first kappa shape index (κ1) is 13.1. The van der Waals surface area contributed by atoms with Crippen LogP contribution in [-0.2, 0) is 10.2 Å². The first-order valence-corrected chi connectivity index (χ1v) is 6.69. The number of likely N-dealkylation sites (tertiary alicyclic amines) is 1. The van der Waals surface area contributed by atoms with E-state index in [0.717, 1.165) is 13.0 Å². The molecule has 0 aromatic heterocycles. The predicted octanol–water partition coefficient (Wildman–Crippen LogP) is 3.37. The second-order valence-electron chi connectivity index (χ2n) is 6.58. The van der Waals surface area contributed by atoms with Crippen LogP contribution in [0.3, 0.4) is 0 Å². The molecule has 2 rings (SSSR count). The Kier molecular flexibility index (Phi) is 3.22. The molecule has 0 N–H and O–H groups in total. The number of hydrogen-bond acceptors (Lipinski definition) is 1. The Labute approximate surface area is 110 Å². The minimum Gasteiger partial charge on any atom is -0.337 e. The Morgan fingerprint density at radius 2 is 1.78 bits per heavy atom. The fraction of sp³-hybridized carbons (Fsp3) is 0.562. The highest BCUT2D eigenvalue weighted by molar-refractivity contribution is 5.78. The van der Waals surface area contributed by atoms with E-state index in [1.54, 1.807) is 0 Å². The van der Waals surface area contributed by atoms with Crippen molar-refractivity contribution < 1.29 is 4.79 Å². The van der Waals surface area contributed by atoms with E-state index in [0.29, 0.717) is 6.42 Å². The van der Waals surface area contributed by atoms with Gasteiger partial charge in [-0.2, -0.15) is 0 Å². The van der Waals surface area contributed by atoms with Crippen LogP contribution in [-0.4, -0.2) is 22.9 Å². The summed E-state index contributed by atoms with van der Waals surface area (Å²) >= 11 is 0. The monoisotopic (exact) mass is 245 g/mol. The molecule has 0 spiro atoms. The molecule has 1 aliphatic rings. The summed E-state index contributed by atoms with van der Waals surface area (Å²) in [4.78, 5) is 14.1. The minimum atomic E-state index is -0.0897. The van der Waals surface area contributed by atoms with Crippen molar-refractivity contribution >= 4 is 5.91 Å². The quantitative estimate of drug-likeness (QED) is 0.743. The molecule has 0 saturated carbocycles. The normalized spacial score (nSPS) is 25.3. The molecule has 1 saturated heterocycles. The van der Waals surface area contributed by atoms with Crippen LogP contribution in [0, 0.1) is 0 Å². The molecule has 0 aliphatic carbocycles. The zero-order valence-corrected chi connectivity index (χ0v) is 11.9. The van der Waals surface area contributed by atoms with Crippen molar-refractivity contribution in [3.8, 4) is 0 Å². The predicted molar refractivity (Wildman–Crippen MR) is 74.5 cm³/mol. The van der Waals surface area contributed by atoms with Crippen LogP contribution in [0.25, 0.3) is 0 Å². The molecule has 1 fully saturated rings. The van der Waals surface area contributed by atoms with E-state index in [9.17, 15) is 4.79 Å². The fourth-order valence-corrected chi connectivity index (χ4v) is 2.72. The SMILES string of the molecule is CC1(c2ccccc2)CCC(=O)N(C(C)(C)C)C1. The fourth-order valence-electron chi connectivity index (χ4n) is 2.72. The lowest BCUT2D eigenvalue weighted by atomic mass is 9.74. The van der Waals surface area contributed by atoms with Gasteiger partial charge in [0.25, 0.3) is 0 Å². The van der Waals surface area contributed by atoms with E-state index in [1.165, 1.54) is 5.56 Å². The molecular formula is C16H23NO. The molecule has 1 aromatic rings. The van der Waals surface area contributed by atoms with Crippen molar-refractivity contribution in [3.63, 3.8) is 0 Å². The van der Waals surface area contributed by atoms with Gasteiger partial charge < -0.3 is 4.90 Å². The summed E-state index contributed by atoms with van der Waals surface area (Å²) in [7, 11) is 0. The van der Waals surface area contributed by atoms with Gasteiger partial charge in [0, 0.05) is 23.9 Å². The Balaban J connectivity index is 2.29. The van der Waals surface area contributed by atoms with Crippen molar-refractivity contribution in [1.29, 1.82) is 0 Å². The average Bonchev–Trinajstić information content (AvgIpc) is 2.32. The van der Waals surface area contributed by atoms with Gasteiger partial charge in [0.2, 0.25) is 5.91 Å². The number of rotatable bonds is 1. The van der Waals surface area contributed by atoms with Crippen molar-refractivity contribution in [2.45, 2.75) is 51.5 Å². The van der Waals surface area contributed by atoms with E-state index >= 15 is 0 Å². The summed E-state index contributed by atoms with van der Waals surface area (Å²) in [6.45, 7) is 9.43. The second-order valence-corrected chi connectivity index (χ2v) is 6.58. The van der Waals surface area contributed by atoms with Crippen molar-refractivity contribution in [2.24, 2.45) is 0 Å². The van der Waals surface area contributed by atoms with Crippen molar-refractivity contribution in [2.75, 3.05) is 6.54 Å². The summed E-state index contributed by atoms with van der Waals surface area (Å²) in [6.07, 6.45) is 1.60. The molecule has 1 atom stereocenters. The standard InChI is InChI=1S/C16H23NO/c1-15(2,3)17-12-16(4,11-10-14(17)18)13-8-6-5-7-9-13/h5-9H,10-12H2,1-4H3. The highest BCUT2D eigenvalue weighted by atomic mass is 16.2. The van der Waals surface area contributed by atoms with Crippen LogP contribution in [0.5, 0.6) is 0 Å². The second kappa shape index (κ2) is 4.42. The lowest BCUT2D eigenvalue weighted by molar-refractivity contribution is -0.140. The molecule has 1 unspecified atom stereocenters. The number of piperidine rings is 1. The Hall–Kier alpha value is -1.31. The summed E-state index contributed by atoms with van der Waals surface area (Å²) in [5.41, 5.74) is 1.34. The van der Waals surface area contributed by atoms with Gasteiger partial charge >= 0.3 is 0 Å². The maximum Gasteiger partial charge on any atom is 0.223 e. The highest BCUT2D eigenvalue weighted by Crippen LogP contribution is 2.36. The zero-order valence-electron chi connectivity index (χ0n) is 11.9.